The number of rotatable bonds is 4. The van der Waals surface area contributed by atoms with Crippen molar-refractivity contribution < 1.29 is 14.4 Å². The smallest absolute Gasteiger partial charge is 0.229 e. The molecule has 1 N–H and O–H groups in total. The lowest BCUT2D eigenvalue weighted by Gasteiger charge is -2.13. The number of carbonyl (C=O) groups excluding carboxylic acids is 3. The zero-order valence-corrected chi connectivity index (χ0v) is 10.7. The molecule has 6 nitrogen and oxygen atoms in total. The Morgan fingerprint density at radius 1 is 1.37 bits per heavy atom. The summed E-state index contributed by atoms with van der Waals surface area (Å²) in [4.78, 5) is 39.7. The summed E-state index contributed by atoms with van der Waals surface area (Å²) in [6.45, 7) is 1.98. The van der Waals surface area contributed by atoms with E-state index in [1.54, 1.807) is 12.3 Å². The van der Waals surface area contributed by atoms with Crippen molar-refractivity contribution in [3.8, 4) is 0 Å². The summed E-state index contributed by atoms with van der Waals surface area (Å²) < 4.78 is 0. The van der Waals surface area contributed by atoms with Crippen LogP contribution in [0.2, 0.25) is 0 Å². The van der Waals surface area contributed by atoms with Crippen LogP contribution in [-0.2, 0) is 14.4 Å². The second kappa shape index (κ2) is 5.60. The zero-order chi connectivity index (χ0) is 13.8. The maximum Gasteiger partial charge on any atom is 0.229 e. The first-order chi connectivity index (χ1) is 9.08. The minimum absolute atomic E-state index is 0.0908. The molecule has 19 heavy (non-hydrogen) atoms. The number of pyridine rings is 1. The van der Waals surface area contributed by atoms with E-state index in [1.807, 2.05) is 13.0 Å². The van der Waals surface area contributed by atoms with Crippen LogP contribution < -0.4 is 5.32 Å². The molecule has 0 aromatic carbocycles. The Balaban J connectivity index is 1.87. The third-order valence-corrected chi connectivity index (χ3v) is 2.98. The number of carbonyl (C=O) groups is 3. The van der Waals surface area contributed by atoms with E-state index in [0.29, 0.717) is 5.82 Å². The number of anilines is 1. The molecule has 1 aromatic heterocycles. The molecule has 1 fully saturated rings. The van der Waals surface area contributed by atoms with E-state index < -0.39 is 0 Å². The van der Waals surface area contributed by atoms with E-state index in [2.05, 4.69) is 10.3 Å². The van der Waals surface area contributed by atoms with Crippen molar-refractivity contribution in [1.29, 1.82) is 0 Å². The third kappa shape index (κ3) is 3.15. The van der Waals surface area contributed by atoms with Gasteiger partial charge < -0.3 is 5.32 Å². The molecule has 0 aliphatic carbocycles. The predicted molar refractivity (Wildman–Crippen MR) is 68.2 cm³/mol. The van der Waals surface area contributed by atoms with E-state index in [-0.39, 0.29) is 43.5 Å². The second-order valence-corrected chi connectivity index (χ2v) is 4.41. The molecule has 6 heteroatoms. The quantitative estimate of drug-likeness (QED) is 0.815. The van der Waals surface area contributed by atoms with Gasteiger partial charge in [-0.2, -0.15) is 0 Å². The molecule has 3 amide bonds. The van der Waals surface area contributed by atoms with Crippen LogP contribution in [0.1, 0.15) is 24.8 Å². The summed E-state index contributed by atoms with van der Waals surface area (Å²) in [6, 6.07) is 3.63. The van der Waals surface area contributed by atoms with Crippen molar-refractivity contribution >= 4 is 23.5 Å². The Morgan fingerprint density at radius 2 is 2.05 bits per heavy atom. The summed E-state index contributed by atoms with van der Waals surface area (Å²) in [5.74, 6) is -0.153. The van der Waals surface area contributed by atoms with Crippen molar-refractivity contribution in [3.63, 3.8) is 0 Å². The Bertz CT molecular complexity index is 512. The summed E-state index contributed by atoms with van der Waals surface area (Å²) in [5.41, 5.74) is 0.865. The van der Waals surface area contributed by atoms with E-state index in [0.717, 1.165) is 10.5 Å². The number of nitrogens with one attached hydrogen (secondary N) is 1. The monoisotopic (exact) mass is 261 g/mol. The summed E-state index contributed by atoms with van der Waals surface area (Å²) in [7, 11) is 0. The maximum atomic E-state index is 11.7. The molecule has 100 valence electrons. The number of nitrogens with zero attached hydrogens (tertiary/aromatic N) is 2. The van der Waals surface area contributed by atoms with Crippen LogP contribution in [0, 0.1) is 6.92 Å². The highest BCUT2D eigenvalue weighted by molar-refractivity contribution is 6.02. The summed E-state index contributed by atoms with van der Waals surface area (Å²) >= 11 is 0. The van der Waals surface area contributed by atoms with Gasteiger partial charge in [-0.3, -0.25) is 19.3 Å². The normalized spacial score (nSPS) is 14.9. The van der Waals surface area contributed by atoms with Crippen molar-refractivity contribution in [3.05, 3.63) is 23.9 Å². The molecule has 2 rings (SSSR count). The largest absolute Gasteiger partial charge is 0.310 e. The SMILES string of the molecule is Cc1cccnc1NC(=O)CCN1C(=O)CCC1=O. The van der Waals surface area contributed by atoms with Gasteiger partial charge in [0.15, 0.2) is 0 Å². The topological polar surface area (TPSA) is 79.4 Å². The van der Waals surface area contributed by atoms with E-state index in [9.17, 15) is 14.4 Å². The number of imide groups is 1. The fourth-order valence-corrected chi connectivity index (χ4v) is 1.90. The third-order valence-electron chi connectivity index (χ3n) is 2.98. The number of aromatic nitrogens is 1. The van der Waals surface area contributed by atoms with Gasteiger partial charge in [-0.15, -0.1) is 0 Å². The molecule has 1 aromatic rings. The van der Waals surface area contributed by atoms with Gasteiger partial charge >= 0.3 is 0 Å². The molecule has 0 spiro atoms. The zero-order valence-electron chi connectivity index (χ0n) is 10.7. The van der Waals surface area contributed by atoms with Crippen LogP contribution in [0.5, 0.6) is 0 Å². The van der Waals surface area contributed by atoms with Crippen LogP contribution in [0.4, 0.5) is 5.82 Å². The van der Waals surface area contributed by atoms with Crippen molar-refractivity contribution in [2.24, 2.45) is 0 Å². The van der Waals surface area contributed by atoms with Crippen LogP contribution in [0.25, 0.3) is 0 Å². The standard InChI is InChI=1S/C13H15N3O3/c1-9-3-2-7-14-13(9)15-10(17)6-8-16-11(18)4-5-12(16)19/h2-3,7H,4-6,8H2,1H3,(H,14,15,17). The van der Waals surface area contributed by atoms with Gasteiger partial charge in [0.2, 0.25) is 17.7 Å². The molecular formula is C13H15N3O3. The van der Waals surface area contributed by atoms with Crippen LogP contribution in [0.3, 0.4) is 0 Å². The Labute approximate surface area is 110 Å². The Hall–Kier alpha value is -2.24. The molecular weight excluding hydrogens is 246 g/mol. The van der Waals surface area contributed by atoms with Crippen molar-refractivity contribution in [2.75, 3.05) is 11.9 Å². The maximum absolute atomic E-state index is 11.7. The molecule has 0 unspecified atom stereocenters. The first-order valence-corrected chi connectivity index (χ1v) is 6.12. The summed E-state index contributed by atoms with van der Waals surface area (Å²) in [5, 5.41) is 2.66. The number of hydrogen-bond acceptors (Lipinski definition) is 4. The number of aryl methyl sites for hydroxylation is 1. The number of hydrogen-bond donors (Lipinski definition) is 1. The molecule has 0 radical (unpaired) electrons. The van der Waals surface area contributed by atoms with E-state index in [1.165, 1.54) is 0 Å². The molecule has 0 saturated carbocycles. The van der Waals surface area contributed by atoms with Gasteiger partial charge in [-0.25, -0.2) is 4.98 Å². The first-order valence-electron chi connectivity index (χ1n) is 6.12. The van der Waals surface area contributed by atoms with Gasteiger partial charge in [-0.1, -0.05) is 6.07 Å². The average Bonchev–Trinajstić information content (AvgIpc) is 2.70. The highest BCUT2D eigenvalue weighted by Crippen LogP contribution is 2.13. The Morgan fingerprint density at radius 3 is 2.68 bits per heavy atom. The van der Waals surface area contributed by atoms with Gasteiger partial charge in [0.25, 0.3) is 0 Å². The van der Waals surface area contributed by atoms with Gasteiger partial charge in [0.05, 0.1) is 0 Å². The van der Waals surface area contributed by atoms with Crippen LogP contribution >= 0.6 is 0 Å². The molecule has 0 atom stereocenters. The van der Waals surface area contributed by atoms with Crippen LogP contribution in [0.15, 0.2) is 18.3 Å². The fourth-order valence-electron chi connectivity index (χ4n) is 1.90. The lowest BCUT2D eigenvalue weighted by Crippen LogP contribution is -2.32. The van der Waals surface area contributed by atoms with E-state index in [4.69, 9.17) is 0 Å². The van der Waals surface area contributed by atoms with Gasteiger partial charge in [-0.05, 0) is 18.6 Å². The number of amides is 3. The minimum Gasteiger partial charge on any atom is -0.310 e. The average molecular weight is 261 g/mol. The highest BCUT2D eigenvalue weighted by Gasteiger charge is 2.28. The molecule has 2 heterocycles. The van der Waals surface area contributed by atoms with Crippen molar-refractivity contribution in [1.82, 2.24) is 9.88 Å². The predicted octanol–water partition coefficient (Wildman–Crippen LogP) is 0.868. The minimum atomic E-state index is -0.255. The molecule has 0 bridgehead atoms. The van der Waals surface area contributed by atoms with Gasteiger partial charge in [0, 0.05) is 32.0 Å². The number of likely N-dealkylation sites (tertiary alicyclic amines) is 1. The van der Waals surface area contributed by atoms with Crippen molar-refractivity contribution in [2.45, 2.75) is 26.2 Å². The lowest BCUT2D eigenvalue weighted by atomic mass is 10.3. The molecule has 1 aliphatic rings. The van der Waals surface area contributed by atoms with E-state index >= 15 is 0 Å². The highest BCUT2D eigenvalue weighted by atomic mass is 16.2. The second-order valence-electron chi connectivity index (χ2n) is 4.41. The Kier molecular flexibility index (Phi) is 3.89. The molecule has 1 aliphatic heterocycles. The van der Waals surface area contributed by atoms with Gasteiger partial charge in [0.1, 0.15) is 5.82 Å². The lowest BCUT2D eigenvalue weighted by molar-refractivity contribution is -0.138. The van der Waals surface area contributed by atoms with Crippen LogP contribution in [-0.4, -0.2) is 34.2 Å². The summed E-state index contributed by atoms with van der Waals surface area (Å²) in [6.07, 6.45) is 2.18. The first kappa shape index (κ1) is 13.2. The molecule has 1 saturated heterocycles. The fraction of sp³-hybridized carbons (Fsp3) is 0.385.